The molecule has 0 aliphatic heterocycles. The summed E-state index contributed by atoms with van der Waals surface area (Å²) >= 11 is 12.0. The molecule has 0 fully saturated rings. The third-order valence-electron chi connectivity index (χ3n) is 3.26. The van der Waals surface area contributed by atoms with Crippen LogP contribution in [0.25, 0.3) is 0 Å². The Morgan fingerprint density at radius 3 is 2.22 bits per heavy atom. The molecule has 23 heavy (non-hydrogen) atoms. The third kappa shape index (κ3) is 4.47. The molecule has 1 amide bonds. The van der Waals surface area contributed by atoms with Gasteiger partial charge in [-0.1, -0.05) is 59.6 Å². The van der Waals surface area contributed by atoms with E-state index in [9.17, 15) is 9.59 Å². The van der Waals surface area contributed by atoms with Crippen LogP contribution in [0.15, 0.2) is 48.5 Å². The van der Waals surface area contributed by atoms with Crippen molar-refractivity contribution in [1.29, 1.82) is 0 Å². The lowest BCUT2D eigenvalue weighted by Crippen LogP contribution is -2.43. The highest BCUT2D eigenvalue weighted by atomic mass is 35.5. The van der Waals surface area contributed by atoms with Gasteiger partial charge in [0.2, 0.25) is 0 Å². The molecule has 0 unspecified atom stereocenters. The van der Waals surface area contributed by atoms with Crippen LogP contribution in [0, 0.1) is 0 Å². The molecule has 2 aromatic carbocycles. The maximum absolute atomic E-state index is 12.4. The Kier molecular flexibility index (Phi) is 6.02. The van der Waals surface area contributed by atoms with Crippen LogP contribution >= 0.6 is 23.2 Å². The van der Waals surface area contributed by atoms with Crippen molar-refractivity contribution >= 4 is 35.1 Å². The standard InChI is InChI=1S/C17H15Cl2NO3/c1-23-17(22)14(10-11-6-3-2-4-7-11)20-16(21)15-12(18)8-5-9-13(15)19/h2-9,14H,10H2,1H3,(H,20,21)/t14-/m0/s1. The lowest BCUT2D eigenvalue weighted by Gasteiger charge is -2.17. The van der Waals surface area contributed by atoms with Crippen molar-refractivity contribution in [3.63, 3.8) is 0 Å². The van der Waals surface area contributed by atoms with Gasteiger partial charge in [-0.2, -0.15) is 0 Å². The maximum atomic E-state index is 12.4. The summed E-state index contributed by atoms with van der Waals surface area (Å²) in [6, 6.07) is 13.3. The molecule has 0 spiro atoms. The predicted molar refractivity (Wildman–Crippen MR) is 89.9 cm³/mol. The van der Waals surface area contributed by atoms with Gasteiger partial charge in [0.25, 0.3) is 5.91 Å². The molecule has 0 aliphatic carbocycles. The zero-order valence-electron chi connectivity index (χ0n) is 12.4. The summed E-state index contributed by atoms with van der Waals surface area (Å²) in [4.78, 5) is 24.4. The first-order chi connectivity index (χ1) is 11.0. The van der Waals surface area contributed by atoms with E-state index in [-0.39, 0.29) is 15.6 Å². The highest BCUT2D eigenvalue weighted by molar-refractivity contribution is 6.39. The first kappa shape index (κ1) is 17.3. The summed E-state index contributed by atoms with van der Waals surface area (Å²) in [5.74, 6) is -1.06. The van der Waals surface area contributed by atoms with E-state index < -0.39 is 17.9 Å². The van der Waals surface area contributed by atoms with E-state index in [2.05, 4.69) is 5.32 Å². The summed E-state index contributed by atoms with van der Waals surface area (Å²) in [6.45, 7) is 0. The normalized spacial score (nSPS) is 11.6. The Morgan fingerprint density at radius 1 is 1.04 bits per heavy atom. The van der Waals surface area contributed by atoms with E-state index >= 15 is 0 Å². The maximum Gasteiger partial charge on any atom is 0.328 e. The minimum Gasteiger partial charge on any atom is -0.467 e. The minimum absolute atomic E-state index is 0.137. The SMILES string of the molecule is COC(=O)[C@H](Cc1ccccc1)NC(=O)c1c(Cl)cccc1Cl. The van der Waals surface area contributed by atoms with E-state index in [1.54, 1.807) is 18.2 Å². The number of hydrogen-bond acceptors (Lipinski definition) is 3. The Labute approximate surface area is 144 Å². The Balaban J connectivity index is 2.21. The van der Waals surface area contributed by atoms with E-state index in [4.69, 9.17) is 27.9 Å². The van der Waals surface area contributed by atoms with Crippen LogP contribution in [0.4, 0.5) is 0 Å². The number of halogens is 2. The molecule has 0 aliphatic rings. The van der Waals surface area contributed by atoms with Crippen molar-refractivity contribution in [1.82, 2.24) is 5.32 Å². The molecule has 1 atom stereocenters. The molecule has 120 valence electrons. The average Bonchev–Trinajstić information content (AvgIpc) is 2.54. The Morgan fingerprint density at radius 2 is 1.65 bits per heavy atom. The monoisotopic (exact) mass is 351 g/mol. The van der Waals surface area contributed by atoms with Crippen LogP contribution in [-0.2, 0) is 16.0 Å². The van der Waals surface area contributed by atoms with Gasteiger partial charge in [0.1, 0.15) is 6.04 Å². The molecule has 4 nitrogen and oxygen atoms in total. The third-order valence-corrected chi connectivity index (χ3v) is 3.89. The van der Waals surface area contributed by atoms with Gasteiger partial charge in [-0.3, -0.25) is 4.79 Å². The largest absolute Gasteiger partial charge is 0.467 e. The van der Waals surface area contributed by atoms with Gasteiger partial charge >= 0.3 is 5.97 Å². The topological polar surface area (TPSA) is 55.4 Å². The summed E-state index contributed by atoms with van der Waals surface area (Å²) < 4.78 is 4.76. The van der Waals surface area contributed by atoms with Gasteiger partial charge in [-0.15, -0.1) is 0 Å². The molecular formula is C17H15Cl2NO3. The second-order valence-electron chi connectivity index (χ2n) is 4.84. The number of hydrogen-bond donors (Lipinski definition) is 1. The first-order valence-corrected chi connectivity index (χ1v) is 7.65. The quantitative estimate of drug-likeness (QED) is 0.838. The highest BCUT2D eigenvalue weighted by Gasteiger charge is 2.24. The van der Waals surface area contributed by atoms with Crippen LogP contribution in [0.1, 0.15) is 15.9 Å². The van der Waals surface area contributed by atoms with Crippen molar-refractivity contribution in [3.8, 4) is 0 Å². The van der Waals surface area contributed by atoms with Gasteiger partial charge in [0, 0.05) is 6.42 Å². The lowest BCUT2D eigenvalue weighted by molar-refractivity contribution is -0.142. The van der Waals surface area contributed by atoms with Crippen molar-refractivity contribution in [2.75, 3.05) is 7.11 Å². The van der Waals surface area contributed by atoms with E-state index in [0.717, 1.165) is 5.56 Å². The average molecular weight is 352 g/mol. The van der Waals surface area contributed by atoms with Gasteiger partial charge < -0.3 is 10.1 Å². The predicted octanol–water partition coefficient (Wildman–Crippen LogP) is 3.51. The number of amides is 1. The minimum atomic E-state index is -0.831. The molecule has 0 aromatic heterocycles. The number of esters is 1. The fraction of sp³-hybridized carbons (Fsp3) is 0.176. The first-order valence-electron chi connectivity index (χ1n) is 6.89. The van der Waals surface area contributed by atoms with Crippen LogP contribution in [0.2, 0.25) is 10.0 Å². The summed E-state index contributed by atoms with van der Waals surface area (Å²) in [5.41, 5.74) is 1.03. The van der Waals surface area contributed by atoms with Gasteiger partial charge in [0.15, 0.2) is 0 Å². The van der Waals surface area contributed by atoms with Gasteiger partial charge in [-0.05, 0) is 17.7 Å². The number of ether oxygens (including phenoxy) is 1. The number of carbonyl (C=O) groups is 2. The van der Waals surface area contributed by atoms with E-state index in [1.165, 1.54) is 7.11 Å². The fourth-order valence-electron chi connectivity index (χ4n) is 2.13. The molecule has 0 saturated heterocycles. The molecule has 2 rings (SSSR count). The number of methoxy groups -OCH3 is 1. The van der Waals surface area contributed by atoms with Crippen LogP contribution in [-0.4, -0.2) is 25.0 Å². The van der Waals surface area contributed by atoms with Crippen molar-refractivity contribution in [2.24, 2.45) is 0 Å². The van der Waals surface area contributed by atoms with Crippen LogP contribution in [0.5, 0.6) is 0 Å². The van der Waals surface area contributed by atoms with Crippen molar-refractivity contribution < 1.29 is 14.3 Å². The summed E-state index contributed by atoms with van der Waals surface area (Å²) in [6.07, 6.45) is 0.307. The highest BCUT2D eigenvalue weighted by Crippen LogP contribution is 2.24. The molecule has 6 heteroatoms. The van der Waals surface area contributed by atoms with E-state index in [1.807, 2.05) is 30.3 Å². The fourth-order valence-corrected chi connectivity index (χ4v) is 2.70. The summed E-state index contributed by atoms with van der Waals surface area (Å²) in [7, 11) is 1.27. The zero-order chi connectivity index (χ0) is 16.8. The molecule has 2 aromatic rings. The zero-order valence-corrected chi connectivity index (χ0v) is 13.9. The smallest absolute Gasteiger partial charge is 0.328 e. The van der Waals surface area contributed by atoms with Crippen molar-refractivity contribution in [3.05, 3.63) is 69.7 Å². The Hall–Kier alpha value is -2.04. The van der Waals surface area contributed by atoms with Gasteiger partial charge in [0.05, 0.1) is 22.7 Å². The second kappa shape index (κ2) is 7.99. The molecular weight excluding hydrogens is 337 g/mol. The molecule has 0 heterocycles. The van der Waals surface area contributed by atoms with Crippen LogP contribution in [0.3, 0.4) is 0 Å². The molecule has 0 radical (unpaired) electrons. The summed E-state index contributed by atoms with van der Waals surface area (Å²) in [5, 5.41) is 3.07. The molecule has 0 saturated carbocycles. The van der Waals surface area contributed by atoms with Gasteiger partial charge in [-0.25, -0.2) is 4.79 Å². The number of rotatable bonds is 5. The van der Waals surface area contributed by atoms with Crippen molar-refractivity contribution in [2.45, 2.75) is 12.5 Å². The second-order valence-corrected chi connectivity index (χ2v) is 5.65. The number of carbonyl (C=O) groups excluding carboxylic acids is 2. The molecule has 1 N–H and O–H groups in total. The number of nitrogens with one attached hydrogen (secondary N) is 1. The molecule has 0 bridgehead atoms. The van der Waals surface area contributed by atoms with E-state index in [0.29, 0.717) is 6.42 Å². The lowest BCUT2D eigenvalue weighted by atomic mass is 10.1. The number of benzene rings is 2. The van der Waals surface area contributed by atoms with Crippen LogP contribution < -0.4 is 5.32 Å². The Bertz CT molecular complexity index is 684.